The van der Waals surface area contributed by atoms with Crippen LogP contribution < -0.4 is 15.8 Å². The van der Waals surface area contributed by atoms with Crippen molar-refractivity contribution >= 4 is 35.8 Å². The molecule has 6 nitrogen and oxygen atoms in total. The quantitative estimate of drug-likeness (QED) is 0.378. The van der Waals surface area contributed by atoms with Gasteiger partial charge in [-0.25, -0.2) is 4.99 Å². The number of aliphatic imine (C=N–C) groups is 1. The summed E-state index contributed by atoms with van der Waals surface area (Å²) in [6.07, 6.45) is 2.56. The Morgan fingerprint density at radius 1 is 1.42 bits per heavy atom. The number of aryl methyl sites for hydroxylation is 1. The van der Waals surface area contributed by atoms with E-state index in [4.69, 9.17) is 15.5 Å². The van der Waals surface area contributed by atoms with E-state index >= 15 is 0 Å². The lowest BCUT2D eigenvalue weighted by atomic mass is 9.95. The molecule has 0 spiro atoms. The fourth-order valence-corrected chi connectivity index (χ4v) is 3.33. The fraction of sp³-hybridized carbons (Fsp3) is 0.579. The topological polar surface area (TPSA) is 80.0 Å². The Balaban J connectivity index is 0.00000338. The Hall–Kier alpha value is -1.51. The highest BCUT2D eigenvalue weighted by Gasteiger charge is 2.23. The predicted octanol–water partition coefficient (Wildman–Crippen LogP) is 2.67. The Morgan fingerprint density at radius 3 is 2.85 bits per heavy atom. The Morgan fingerprint density at radius 2 is 2.19 bits per heavy atom. The zero-order valence-electron chi connectivity index (χ0n) is 16.0. The molecule has 1 heterocycles. The molecule has 146 valence electrons. The molecule has 1 aliphatic rings. The largest absolute Gasteiger partial charge is 0.497 e. The maximum atomic E-state index is 11.2. The minimum absolute atomic E-state index is 0. The van der Waals surface area contributed by atoms with Crippen LogP contribution in [0.3, 0.4) is 0 Å². The van der Waals surface area contributed by atoms with Crippen molar-refractivity contribution in [1.29, 1.82) is 0 Å². The lowest BCUT2D eigenvalue weighted by Gasteiger charge is -2.34. The van der Waals surface area contributed by atoms with E-state index in [0.717, 1.165) is 55.3 Å². The zero-order valence-corrected chi connectivity index (χ0v) is 18.3. The van der Waals surface area contributed by atoms with Gasteiger partial charge in [0.2, 0.25) is 5.91 Å². The first kappa shape index (κ1) is 22.5. The second kappa shape index (κ2) is 11.3. The number of carbonyl (C=O) groups excluding carboxylic acids is 1. The van der Waals surface area contributed by atoms with Gasteiger partial charge in [0.1, 0.15) is 5.75 Å². The number of guanidine groups is 1. The van der Waals surface area contributed by atoms with E-state index in [1.54, 1.807) is 7.11 Å². The summed E-state index contributed by atoms with van der Waals surface area (Å²) in [6.45, 7) is 7.31. The molecule has 0 aliphatic carbocycles. The van der Waals surface area contributed by atoms with E-state index in [1.807, 2.05) is 12.1 Å². The van der Waals surface area contributed by atoms with Crippen molar-refractivity contribution in [2.45, 2.75) is 39.7 Å². The van der Waals surface area contributed by atoms with E-state index in [0.29, 0.717) is 18.9 Å². The molecule has 7 heteroatoms. The molecule has 26 heavy (non-hydrogen) atoms. The molecule has 1 aromatic carbocycles. The monoisotopic (exact) mass is 474 g/mol. The van der Waals surface area contributed by atoms with Gasteiger partial charge in [0.05, 0.1) is 13.7 Å². The van der Waals surface area contributed by atoms with E-state index in [1.165, 1.54) is 0 Å². The number of methoxy groups -OCH3 is 1. The van der Waals surface area contributed by atoms with Crippen LogP contribution in [0.15, 0.2) is 23.2 Å². The SMILES string of the molecule is CCNC(=NCc1cc(C)cc(OC)c1)N1CCCC(CC(N)=O)C1.I. The van der Waals surface area contributed by atoms with E-state index in [9.17, 15) is 4.79 Å². The van der Waals surface area contributed by atoms with Crippen molar-refractivity contribution in [2.75, 3.05) is 26.7 Å². The minimum Gasteiger partial charge on any atom is -0.497 e. The first-order chi connectivity index (χ1) is 12.0. The molecule has 1 saturated heterocycles. The van der Waals surface area contributed by atoms with Crippen LogP contribution in [0.2, 0.25) is 0 Å². The number of hydrogen-bond acceptors (Lipinski definition) is 3. The molecule has 1 fully saturated rings. The minimum atomic E-state index is -0.222. The fourth-order valence-electron chi connectivity index (χ4n) is 3.33. The van der Waals surface area contributed by atoms with Crippen LogP contribution in [0.5, 0.6) is 5.75 Å². The molecule has 0 radical (unpaired) electrons. The van der Waals surface area contributed by atoms with Gasteiger partial charge in [-0.3, -0.25) is 4.79 Å². The summed E-state index contributed by atoms with van der Waals surface area (Å²) >= 11 is 0. The van der Waals surface area contributed by atoms with Crippen LogP contribution in [0.25, 0.3) is 0 Å². The summed E-state index contributed by atoms with van der Waals surface area (Å²) in [5, 5.41) is 3.37. The van der Waals surface area contributed by atoms with E-state index in [2.05, 4.69) is 30.1 Å². The van der Waals surface area contributed by atoms with Crippen LogP contribution >= 0.6 is 24.0 Å². The number of piperidine rings is 1. The second-order valence-electron chi connectivity index (χ2n) is 6.65. The van der Waals surface area contributed by atoms with Gasteiger partial charge in [0, 0.05) is 26.1 Å². The summed E-state index contributed by atoms with van der Waals surface area (Å²) in [5.74, 6) is 1.85. The van der Waals surface area contributed by atoms with Crippen LogP contribution in [0, 0.1) is 12.8 Å². The molecule has 1 amide bonds. The van der Waals surface area contributed by atoms with Crippen LogP contribution in [0.1, 0.15) is 37.3 Å². The normalized spacial score (nSPS) is 17.4. The van der Waals surface area contributed by atoms with Gasteiger partial charge in [-0.1, -0.05) is 6.07 Å². The molecule has 0 aromatic heterocycles. The third kappa shape index (κ3) is 7.01. The second-order valence-corrected chi connectivity index (χ2v) is 6.65. The number of hydrogen-bond donors (Lipinski definition) is 2. The Bertz CT molecular complexity index is 622. The van der Waals surface area contributed by atoms with Gasteiger partial charge < -0.3 is 20.7 Å². The number of likely N-dealkylation sites (tertiary alicyclic amines) is 1. The average molecular weight is 474 g/mol. The van der Waals surface area contributed by atoms with Crippen molar-refractivity contribution in [2.24, 2.45) is 16.6 Å². The number of rotatable bonds is 6. The van der Waals surface area contributed by atoms with Gasteiger partial charge in [-0.2, -0.15) is 0 Å². The maximum Gasteiger partial charge on any atom is 0.217 e. The number of nitrogens with one attached hydrogen (secondary N) is 1. The molecule has 2 rings (SSSR count). The first-order valence-corrected chi connectivity index (χ1v) is 8.98. The summed E-state index contributed by atoms with van der Waals surface area (Å²) in [5.41, 5.74) is 7.65. The number of primary amides is 1. The Kier molecular flexibility index (Phi) is 9.75. The van der Waals surface area contributed by atoms with Gasteiger partial charge in [-0.05, 0) is 55.9 Å². The van der Waals surface area contributed by atoms with Crippen LogP contribution in [-0.2, 0) is 11.3 Å². The number of amides is 1. The van der Waals surface area contributed by atoms with Gasteiger partial charge in [0.15, 0.2) is 5.96 Å². The van der Waals surface area contributed by atoms with Gasteiger partial charge in [0.25, 0.3) is 0 Å². The zero-order chi connectivity index (χ0) is 18.2. The third-order valence-electron chi connectivity index (χ3n) is 4.40. The number of benzene rings is 1. The third-order valence-corrected chi connectivity index (χ3v) is 4.40. The van der Waals surface area contributed by atoms with E-state index < -0.39 is 0 Å². The van der Waals surface area contributed by atoms with E-state index in [-0.39, 0.29) is 29.9 Å². The van der Waals surface area contributed by atoms with Crippen LogP contribution in [-0.4, -0.2) is 43.5 Å². The first-order valence-electron chi connectivity index (χ1n) is 8.98. The van der Waals surface area contributed by atoms with Gasteiger partial charge >= 0.3 is 0 Å². The number of nitrogens with zero attached hydrogens (tertiary/aromatic N) is 2. The van der Waals surface area contributed by atoms with Crippen molar-refractivity contribution in [3.63, 3.8) is 0 Å². The summed E-state index contributed by atoms with van der Waals surface area (Å²) in [7, 11) is 1.68. The van der Waals surface area contributed by atoms with Gasteiger partial charge in [-0.15, -0.1) is 24.0 Å². The number of nitrogens with two attached hydrogens (primary N) is 1. The summed E-state index contributed by atoms with van der Waals surface area (Å²) in [6, 6.07) is 6.16. The summed E-state index contributed by atoms with van der Waals surface area (Å²) < 4.78 is 5.34. The standard InChI is InChI=1S/C19H30N4O2.HI/c1-4-21-19(23-7-5-6-15(13-23)11-18(20)24)22-12-16-8-14(2)9-17(10-16)25-3;/h8-10,15H,4-7,11-13H2,1-3H3,(H2,20,24)(H,21,22);1H. The highest BCUT2D eigenvalue weighted by atomic mass is 127. The average Bonchev–Trinajstić information content (AvgIpc) is 2.57. The van der Waals surface area contributed by atoms with Crippen molar-refractivity contribution < 1.29 is 9.53 Å². The predicted molar refractivity (Wildman–Crippen MR) is 116 cm³/mol. The number of carbonyl (C=O) groups is 1. The maximum absolute atomic E-state index is 11.2. The lowest BCUT2D eigenvalue weighted by molar-refractivity contribution is -0.119. The van der Waals surface area contributed by atoms with Crippen molar-refractivity contribution in [3.05, 3.63) is 29.3 Å². The summed E-state index contributed by atoms with van der Waals surface area (Å²) in [4.78, 5) is 18.3. The molecule has 1 aliphatic heterocycles. The highest BCUT2D eigenvalue weighted by Crippen LogP contribution is 2.20. The van der Waals surface area contributed by atoms with Crippen LogP contribution in [0.4, 0.5) is 0 Å². The molecule has 1 atom stereocenters. The molecular weight excluding hydrogens is 443 g/mol. The molecule has 0 bridgehead atoms. The molecule has 3 N–H and O–H groups in total. The smallest absolute Gasteiger partial charge is 0.217 e. The molecular formula is C19H31IN4O2. The number of halogens is 1. The molecule has 1 aromatic rings. The highest BCUT2D eigenvalue weighted by molar-refractivity contribution is 14.0. The number of ether oxygens (including phenoxy) is 1. The van der Waals surface area contributed by atoms with Crippen molar-refractivity contribution in [1.82, 2.24) is 10.2 Å². The lowest BCUT2D eigenvalue weighted by Crippen LogP contribution is -2.47. The molecule has 1 unspecified atom stereocenters. The van der Waals surface area contributed by atoms with Crippen molar-refractivity contribution in [3.8, 4) is 5.75 Å². The molecule has 0 saturated carbocycles. The Labute approximate surface area is 173 Å².